The van der Waals surface area contributed by atoms with Crippen molar-refractivity contribution in [2.45, 2.75) is 44.6 Å². The number of rotatable bonds is 39. The van der Waals surface area contributed by atoms with Gasteiger partial charge in [0.1, 0.15) is 18.4 Å². The largest absolute Gasteiger partial charge is 0.491 e. The molecule has 0 radical (unpaired) electrons. The molecule has 19 nitrogen and oxygen atoms in total. The summed E-state index contributed by atoms with van der Waals surface area (Å²) in [7, 11) is 0. The Kier molecular flexibility index (Phi) is 27.0. The van der Waals surface area contributed by atoms with Gasteiger partial charge in [-0.15, -0.1) is 0 Å². The summed E-state index contributed by atoms with van der Waals surface area (Å²) in [5.74, 6) is -1.89. The summed E-state index contributed by atoms with van der Waals surface area (Å²) < 4.78 is 60.7. The Morgan fingerprint density at radius 2 is 1.00 bits per heavy atom. The Morgan fingerprint density at radius 1 is 0.531 bits per heavy atom. The van der Waals surface area contributed by atoms with Crippen LogP contribution in [-0.2, 0) is 61.8 Å². The van der Waals surface area contributed by atoms with Crippen LogP contribution in [0.15, 0.2) is 48.5 Å². The van der Waals surface area contributed by atoms with Crippen molar-refractivity contribution in [3.63, 3.8) is 0 Å². The van der Waals surface area contributed by atoms with Crippen LogP contribution in [0.25, 0.3) is 0 Å². The first-order valence-corrected chi connectivity index (χ1v) is 22.1. The summed E-state index contributed by atoms with van der Waals surface area (Å²) >= 11 is 0. The fourth-order valence-corrected chi connectivity index (χ4v) is 6.31. The standard InChI is InChI=1S/C45H65N3O16/c49-40(46-38-11-7-10-37-42(38)45(53)48(44(37)52)39-13-14-41(50)47-43(39)51)12-5-2-6-15-54-16-17-55-18-19-56-20-21-57-22-23-58-24-25-59-26-27-60-28-29-61-30-31-62-32-33-63-34-35-64-36-8-3-1-4-9-36/h1,3-4,7-11,39H,2,5-6,12-35H2,(H,46,49)(H,47,50,51). The molecule has 0 bridgehead atoms. The molecule has 19 heteroatoms. The van der Waals surface area contributed by atoms with Crippen molar-refractivity contribution in [1.82, 2.24) is 10.2 Å². The minimum Gasteiger partial charge on any atom is -0.491 e. The fourth-order valence-electron chi connectivity index (χ4n) is 6.31. The summed E-state index contributed by atoms with van der Waals surface area (Å²) in [5, 5.41) is 4.91. The van der Waals surface area contributed by atoms with Gasteiger partial charge in [-0.25, -0.2) is 0 Å². The highest BCUT2D eigenvalue weighted by Crippen LogP contribution is 2.32. The van der Waals surface area contributed by atoms with Crippen LogP contribution in [0.1, 0.15) is 59.2 Å². The monoisotopic (exact) mass is 903 g/mol. The minimum atomic E-state index is -1.08. The molecule has 2 aliphatic rings. The van der Waals surface area contributed by atoms with Crippen LogP contribution in [0.2, 0.25) is 0 Å². The van der Waals surface area contributed by atoms with Crippen LogP contribution in [0.5, 0.6) is 5.75 Å². The first-order valence-electron chi connectivity index (χ1n) is 22.1. The predicted octanol–water partition coefficient (Wildman–Crippen LogP) is 2.83. The molecule has 2 aromatic carbocycles. The van der Waals surface area contributed by atoms with Gasteiger partial charge in [0, 0.05) is 19.4 Å². The van der Waals surface area contributed by atoms with Crippen molar-refractivity contribution < 1.29 is 76.1 Å². The molecule has 2 aromatic rings. The molecule has 2 aliphatic heterocycles. The normalized spacial score (nSPS) is 14.9. The summed E-state index contributed by atoms with van der Waals surface area (Å²) in [6.45, 7) is 10.1. The minimum absolute atomic E-state index is 0.0269. The van der Waals surface area contributed by atoms with Gasteiger partial charge in [-0.2, -0.15) is 0 Å². The number of hydrogen-bond donors (Lipinski definition) is 2. The van der Waals surface area contributed by atoms with Crippen LogP contribution in [0.4, 0.5) is 5.69 Å². The number of para-hydroxylation sites is 1. The van der Waals surface area contributed by atoms with Gasteiger partial charge in [0.15, 0.2) is 0 Å². The highest BCUT2D eigenvalue weighted by atomic mass is 16.6. The molecule has 0 aliphatic carbocycles. The number of carbonyl (C=O) groups is 5. The van der Waals surface area contributed by atoms with E-state index in [0.29, 0.717) is 145 Å². The lowest BCUT2D eigenvalue weighted by molar-refractivity contribution is -0.136. The number of carbonyl (C=O) groups excluding carboxylic acids is 5. The van der Waals surface area contributed by atoms with Gasteiger partial charge in [0.05, 0.1) is 142 Å². The average molecular weight is 904 g/mol. The highest BCUT2D eigenvalue weighted by Gasteiger charge is 2.45. The van der Waals surface area contributed by atoms with E-state index in [1.807, 2.05) is 30.3 Å². The summed E-state index contributed by atoms with van der Waals surface area (Å²) in [6, 6.07) is 13.2. The first kappa shape index (κ1) is 52.2. The highest BCUT2D eigenvalue weighted by molar-refractivity contribution is 6.26. The van der Waals surface area contributed by atoms with Crippen LogP contribution >= 0.6 is 0 Å². The van der Waals surface area contributed by atoms with E-state index in [9.17, 15) is 24.0 Å². The molecule has 2 heterocycles. The molecule has 2 N–H and O–H groups in total. The van der Waals surface area contributed by atoms with Crippen LogP contribution in [0, 0.1) is 0 Å². The number of hydrogen-bond acceptors (Lipinski definition) is 16. The third-order valence-corrected chi connectivity index (χ3v) is 9.52. The zero-order valence-electron chi connectivity index (χ0n) is 36.8. The Bertz CT molecular complexity index is 1650. The Balaban J connectivity index is 0.810. The molecular formula is C45H65N3O16. The maximum absolute atomic E-state index is 13.2. The van der Waals surface area contributed by atoms with E-state index in [4.69, 9.17) is 52.1 Å². The molecule has 5 amide bonds. The second kappa shape index (κ2) is 33.1. The number of unbranched alkanes of at least 4 members (excludes halogenated alkanes) is 2. The van der Waals surface area contributed by atoms with Crippen molar-refractivity contribution in [3.8, 4) is 5.75 Å². The second-order valence-electron chi connectivity index (χ2n) is 14.3. The Morgan fingerprint density at radius 3 is 1.48 bits per heavy atom. The molecular weight excluding hydrogens is 838 g/mol. The van der Waals surface area contributed by atoms with E-state index in [0.717, 1.165) is 23.5 Å². The summed E-state index contributed by atoms with van der Waals surface area (Å²) in [6.07, 6.45) is 2.44. The van der Waals surface area contributed by atoms with Gasteiger partial charge >= 0.3 is 0 Å². The van der Waals surface area contributed by atoms with Gasteiger partial charge in [-0.1, -0.05) is 30.7 Å². The van der Waals surface area contributed by atoms with Gasteiger partial charge in [0.2, 0.25) is 17.7 Å². The number of imide groups is 2. The van der Waals surface area contributed by atoms with Gasteiger partial charge in [0.25, 0.3) is 11.8 Å². The summed E-state index contributed by atoms with van der Waals surface area (Å²) in [5.41, 5.74) is 0.379. The van der Waals surface area contributed by atoms with Crippen molar-refractivity contribution in [2.75, 3.05) is 144 Å². The van der Waals surface area contributed by atoms with Crippen molar-refractivity contribution in [3.05, 3.63) is 59.7 Å². The number of benzene rings is 2. The molecule has 0 aromatic heterocycles. The fraction of sp³-hybridized carbons (Fsp3) is 0.622. The van der Waals surface area contributed by atoms with E-state index in [1.165, 1.54) is 6.07 Å². The lowest BCUT2D eigenvalue weighted by Crippen LogP contribution is -2.54. The third kappa shape index (κ3) is 21.1. The summed E-state index contributed by atoms with van der Waals surface area (Å²) in [4.78, 5) is 63.6. The van der Waals surface area contributed by atoms with E-state index < -0.39 is 29.7 Å². The van der Waals surface area contributed by atoms with E-state index in [-0.39, 0.29) is 42.0 Å². The van der Waals surface area contributed by atoms with Crippen LogP contribution in [0.3, 0.4) is 0 Å². The molecule has 0 saturated carbocycles. The smallest absolute Gasteiger partial charge is 0.264 e. The number of fused-ring (bicyclic) bond motifs is 1. The maximum atomic E-state index is 13.2. The van der Waals surface area contributed by atoms with Crippen LogP contribution < -0.4 is 15.4 Å². The molecule has 1 saturated heterocycles. The second-order valence-corrected chi connectivity index (χ2v) is 14.3. The zero-order valence-corrected chi connectivity index (χ0v) is 36.8. The lowest BCUT2D eigenvalue weighted by Gasteiger charge is -2.27. The SMILES string of the molecule is O=C1CCC(N2C(=O)c3cccc(NC(=O)CCCCCOCCOCCOCCOCCOCCOCCOCCOCCOCCOCCOc4ccccc4)c3C2=O)C(=O)N1. The molecule has 64 heavy (non-hydrogen) atoms. The molecule has 356 valence electrons. The average Bonchev–Trinajstić information content (AvgIpc) is 3.55. The van der Waals surface area contributed by atoms with Crippen molar-refractivity contribution >= 4 is 35.2 Å². The lowest BCUT2D eigenvalue weighted by atomic mass is 10.0. The Hall–Kier alpha value is -4.41. The molecule has 4 rings (SSSR count). The van der Waals surface area contributed by atoms with Gasteiger partial charge in [-0.05, 0) is 43.5 Å². The molecule has 1 fully saturated rings. The topological polar surface area (TPSA) is 214 Å². The maximum Gasteiger partial charge on any atom is 0.264 e. The number of nitrogens with zero attached hydrogens (tertiary/aromatic N) is 1. The molecule has 1 atom stereocenters. The third-order valence-electron chi connectivity index (χ3n) is 9.52. The number of anilines is 1. The van der Waals surface area contributed by atoms with Crippen molar-refractivity contribution in [1.29, 1.82) is 0 Å². The van der Waals surface area contributed by atoms with E-state index >= 15 is 0 Å². The van der Waals surface area contributed by atoms with Crippen LogP contribution in [-0.4, -0.2) is 179 Å². The number of ether oxygens (including phenoxy) is 11. The van der Waals surface area contributed by atoms with Crippen molar-refractivity contribution in [2.24, 2.45) is 0 Å². The number of amides is 5. The predicted molar refractivity (Wildman–Crippen MR) is 230 cm³/mol. The first-order chi connectivity index (χ1) is 31.5. The van der Waals surface area contributed by atoms with Gasteiger partial charge < -0.3 is 57.4 Å². The van der Waals surface area contributed by atoms with E-state index in [1.54, 1.807) is 12.1 Å². The number of nitrogens with one attached hydrogen (secondary N) is 2. The number of piperidine rings is 1. The molecule has 1 unspecified atom stereocenters. The molecule has 0 spiro atoms. The Labute approximate surface area is 374 Å². The zero-order chi connectivity index (χ0) is 45.3. The quantitative estimate of drug-likeness (QED) is 0.0729. The van der Waals surface area contributed by atoms with Gasteiger partial charge in [-0.3, -0.25) is 34.2 Å². The van der Waals surface area contributed by atoms with E-state index in [2.05, 4.69) is 10.6 Å².